The summed E-state index contributed by atoms with van der Waals surface area (Å²) in [6.45, 7) is 0. The fourth-order valence-electron chi connectivity index (χ4n) is 2.81. The third-order valence-electron chi connectivity index (χ3n) is 4.04. The standard InChI is InChI=1S/C17H16N2O4/c18-15-8-6-13(10-16(15)19(21)22)17(20)23-14-7-5-11-3-1-2-4-12(11)9-14/h1-4,6,8,10,14H,5,7,9,18H2. The fraction of sp³-hybridized carbons (Fsp3) is 0.235. The molecule has 2 aromatic rings. The van der Waals surface area contributed by atoms with Crippen molar-refractivity contribution in [3.05, 3.63) is 69.3 Å². The van der Waals surface area contributed by atoms with Gasteiger partial charge in [-0.1, -0.05) is 24.3 Å². The number of benzene rings is 2. The monoisotopic (exact) mass is 312 g/mol. The van der Waals surface area contributed by atoms with E-state index in [2.05, 4.69) is 6.07 Å². The van der Waals surface area contributed by atoms with Gasteiger partial charge in [0.05, 0.1) is 10.5 Å². The van der Waals surface area contributed by atoms with E-state index in [0.717, 1.165) is 18.9 Å². The molecule has 118 valence electrons. The molecule has 6 heteroatoms. The zero-order valence-electron chi connectivity index (χ0n) is 12.4. The van der Waals surface area contributed by atoms with Crippen molar-refractivity contribution in [3.63, 3.8) is 0 Å². The number of nitrogens with zero attached hydrogens (tertiary/aromatic N) is 1. The Morgan fingerprint density at radius 2 is 1.96 bits per heavy atom. The van der Waals surface area contributed by atoms with Crippen molar-refractivity contribution in [1.82, 2.24) is 0 Å². The lowest BCUT2D eigenvalue weighted by molar-refractivity contribution is -0.383. The largest absolute Gasteiger partial charge is 0.458 e. The minimum absolute atomic E-state index is 0.0261. The molecular weight excluding hydrogens is 296 g/mol. The highest BCUT2D eigenvalue weighted by molar-refractivity contribution is 5.91. The van der Waals surface area contributed by atoms with Gasteiger partial charge in [-0.3, -0.25) is 10.1 Å². The molecule has 0 saturated heterocycles. The van der Waals surface area contributed by atoms with Crippen molar-refractivity contribution in [3.8, 4) is 0 Å². The van der Waals surface area contributed by atoms with Crippen molar-refractivity contribution in [1.29, 1.82) is 0 Å². The van der Waals surface area contributed by atoms with E-state index in [9.17, 15) is 14.9 Å². The van der Waals surface area contributed by atoms with E-state index in [1.165, 1.54) is 23.3 Å². The van der Waals surface area contributed by atoms with Crippen molar-refractivity contribution >= 4 is 17.3 Å². The summed E-state index contributed by atoms with van der Waals surface area (Å²) >= 11 is 0. The zero-order valence-corrected chi connectivity index (χ0v) is 12.4. The van der Waals surface area contributed by atoms with Crippen LogP contribution in [0.3, 0.4) is 0 Å². The Bertz CT molecular complexity index is 773. The number of esters is 1. The molecule has 0 aliphatic heterocycles. The molecule has 3 rings (SSSR count). The van der Waals surface area contributed by atoms with Crippen LogP contribution in [-0.2, 0) is 17.6 Å². The number of carbonyl (C=O) groups is 1. The molecule has 0 amide bonds. The highest BCUT2D eigenvalue weighted by Gasteiger charge is 2.23. The first-order valence-corrected chi connectivity index (χ1v) is 7.36. The number of ether oxygens (including phenoxy) is 1. The van der Waals surface area contributed by atoms with Gasteiger partial charge in [-0.2, -0.15) is 0 Å². The van der Waals surface area contributed by atoms with Gasteiger partial charge in [-0.25, -0.2) is 4.79 Å². The number of carbonyl (C=O) groups excluding carboxylic acids is 1. The summed E-state index contributed by atoms with van der Waals surface area (Å²) in [5, 5.41) is 10.9. The second-order valence-electron chi connectivity index (χ2n) is 5.57. The summed E-state index contributed by atoms with van der Waals surface area (Å²) < 4.78 is 5.51. The number of nitrogens with two attached hydrogens (primary N) is 1. The predicted octanol–water partition coefficient (Wildman–Crippen LogP) is 2.89. The van der Waals surface area contributed by atoms with Crippen molar-refractivity contribution in [2.45, 2.75) is 25.4 Å². The summed E-state index contributed by atoms with van der Waals surface area (Å²) in [5.74, 6) is -0.558. The van der Waals surface area contributed by atoms with Gasteiger partial charge in [0.15, 0.2) is 0 Å². The molecule has 1 atom stereocenters. The fourth-order valence-corrected chi connectivity index (χ4v) is 2.81. The van der Waals surface area contributed by atoms with E-state index in [4.69, 9.17) is 10.5 Å². The maximum atomic E-state index is 12.2. The number of nitrogen functional groups attached to an aromatic ring is 1. The Morgan fingerprint density at radius 1 is 1.22 bits per heavy atom. The molecule has 0 spiro atoms. The summed E-state index contributed by atoms with van der Waals surface area (Å²) in [6.07, 6.45) is 2.06. The average molecular weight is 312 g/mol. The minimum Gasteiger partial charge on any atom is -0.458 e. The zero-order chi connectivity index (χ0) is 16.4. The third kappa shape index (κ3) is 3.15. The highest BCUT2D eigenvalue weighted by Crippen LogP contribution is 2.26. The van der Waals surface area contributed by atoms with Crippen LogP contribution in [0.1, 0.15) is 27.9 Å². The average Bonchev–Trinajstić information content (AvgIpc) is 2.54. The van der Waals surface area contributed by atoms with Gasteiger partial charge in [0.1, 0.15) is 11.8 Å². The normalized spacial score (nSPS) is 16.4. The number of hydrogen-bond donors (Lipinski definition) is 1. The number of aryl methyl sites for hydroxylation is 1. The lowest BCUT2D eigenvalue weighted by Gasteiger charge is -2.24. The van der Waals surface area contributed by atoms with Gasteiger partial charge in [-0.05, 0) is 36.1 Å². The number of nitro benzene ring substituents is 1. The first kappa shape index (κ1) is 15.0. The van der Waals surface area contributed by atoms with Crippen LogP contribution < -0.4 is 5.73 Å². The Balaban J connectivity index is 1.73. The van der Waals surface area contributed by atoms with Gasteiger partial charge in [0, 0.05) is 12.5 Å². The molecule has 0 aromatic heterocycles. The first-order chi connectivity index (χ1) is 11.0. The molecule has 1 unspecified atom stereocenters. The Kier molecular flexibility index (Phi) is 3.97. The number of rotatable bonds is 3. The molecule has 0 saturated carbocycles. The molecule has 6 nitrogen and oxygen atoms in total. The van der Waals surface area contributed by atoms with Gasteiger partial charge in [0.25, 0.3) is 5.69 Å². The minimum atomic E-state index is -0.608. The Morgan fingerprint density at radius 3 is 2.70 bits per heavy atom. The Hall–Kier alpha value is -2.89. The molecule has 0 heterocycles. The van der Waals surface area contributed by atoms with Crippen LogP contribution in [-0.4, -0.2) is 17.0 Å². The molecule has 0 bridgehead atoms. The summed E-state index contributed by atoms with van der Waals surface area (Å²) in [4.78, 5) is 22.5. The second-order valence-corrected chi connectivity index (χ2v) is 5.57. The number of nitro groups is 1. The van der Waals surface area contributed by atoms with E-state index in [-0.39, 0.29) is 23.0 Å². The quantitative estimate of drug-likeness (QED) is 0.407. The summed E-state index contributed by atoms with van der Waals surface area (Å²) in [5.41, 5.74) is 7.88. The van der Waals surface area contributed by atoms with E-state index < -0.39 is 10.9 Å². The van der Waals surface area contributed by atoms with Crippen LogP contribution in [0, 0.1) is 10.1 Å². The van der Waals surface area contributed by atoms with E-state index >= 15 is 0 Å². The SMILES string of the molecule is Nc1ccc(C(=O)OC2CCc3ccccc3C2)cc1[N+](=O)[O-]. The van der Waals surface area contributed by atoms with E-state index in [1.54, 1.807) is 0 Å². The summed E-state index contributed by atoms with van der Waals surface area (Å²) in [6, 6.07) is 12.0. The maximum absolute atomic E-state index is 12.2. The number of anilines is 1. The van der Waals surface area contributed by atoms with Crippen LogP contribution in [0.25, 0.3) is 0 Å². The van der Waals surface area contributed by atoms with Crippen LogP contribution in [0.2, 0.25) is 0 Å². The number of fused-ring (bicyclic) bond motifs is 1. The highest BCUT2D eigenvalue weighted by atomic mass is 16.6. The van der Waals surface area contributed by atoms with Gasteiger partial charge >= 0.3 is 5.97 Å². The third-order valence-corrected chi connectivity index (χ3v) is 4.04. The van der Waals surface area contributed by atoms with Crippen molar-refractivity contribution in [2.75, 3.05) is 5.73 Å². The lowest BCUT2D eigenvalue weighted by atomic mass is 9.90. The van der Waals surface area contributed by atoms with Crippen LogP contribution in [0.15, 0.2) is 42.5 Å². The van der Waals surface area contributed by atoms with Crippen LogP contribution in [0.4, 0.5) is 11.4 Å². The second kappa shape index (κ2) is 6.08. The van der Waals surface area contributed by atoms with E-state index in [0.29, 0.717) is 6.42 Å². The molecule has 0 fully saturated rings. The lowest BCUT2D eigenvalue weighted by Crippen LogP contribution is -2.25. The van der Waals surface area contributed by atoms with Crippen LogP contribution >= 0.6 is 0 Å². The molecule has 0 radical (unpaired) electrons. The van der Waals surface area contributed by atoms with E-state index in [1.807, 2.05) is 18.2 Å². The molecule has 1 aliphatic rings. The molecule has 1 aliphatic carbocycles. The van der Waals surface area contributed by atoms with Crippen molar-refractivity contribution in [2.24, 2.45) is 0 Å². The molecular formula is C17H16N2O4. The van der Waals surface area contributed by atoms with Gasteiger partial charge in [-0.15, -0.1) is 0 Å². The molecule has 23 heavy (non-hydrogen) atoms. The van der Waals surface area contributed by atoms with Gasteiger partial charge in [0.2, 0.25) is 0 Å². The topological polar surface area (TPSA) is 95.5 Å². The number of hydrogen-bond acceptors (Lipinski definition) is 5. The maximum Gasteiger partial charge on any atom is 0.338 e. The van der Waals surface area contributed by atoms with Gasteiger partial charge < -0.3 is 10.5 Å². The smallest absolute Gasteiger partial charge is 0.338 e. The predicted molar refractivity (Wildman–Crippen MR) is 85.2 cm³/mol. The van der Waals surface area contributed by atoms with Crippen molar-refractivity contribution < 1.29 is 14.5 Å². The summed E-state index contributed by atoms with van der Waals surface area (Å²) in [7, 11) is 0. The molecule has 2 aromatic carbocycles. The van der Waals surface area contributed by atoms with Crippen LogP contribution in [0.5, 0.6) is 0 Å². The first-order valence-electron chi connectivity index (χ1n) is 7.36. The molecule has 2 N–H and O–H groups in total. The Labute approximate surface area is 133 Å².